The normalized spacial score (nSPS) is 23.1. The van der Waals surface area contributed by atoms with E-state index in [0.29, 0.717) is 12.0 Å². The second kappa shape index (κ2) is 3.23. The van der Waals surface area contributed by atoms with E-state index < -0.39 is 5.97 Å². The molecule has 3 nitrogen and oxygen atoms in total. The van der Waals surface area contributed by atoms with Crippen LogP contribution >= 0.6 is 0 Å². The molecule has 1 N–H and O–H groups in total. The summed E-state index contributed by atoms with van der Waals surface area (Å²) in [5.74, 6) is -1.46. The molecule has 0 radical (unpaired) electrons. The molecule has 0 aromatic carbocycles. The average molecular weight is 196 g/mol. The largest absolute Gasteiger partial charge is 0.478 e. The van der Waals surface area contributed by atoms with E-state index in [1.54, 1.807) is 6.92 Å². The van der Waals surface area contributed by atoms with Gasteiger partial charge in [-0.2, -0.15) is 0 Å². The smallest absolute Gasteiger partial charge is 0.339 e. The van der Waals surface area contributed by atoms with Crippen LogP contribution in [0, 0.1) is 11.3 Å². The van der Waals surface area contributed by atoms with Crippen molar-refractivity contribution in [3.8, 4) is 0 Å². The number of hydrogen-bond acceptors (Lipinski definition) is 2. The first-order chi connectivity index (χ1) is 6.25. The van der Waals surface area contributed by atoms with Crippen molar-refractivity contribution in [3.05, 3.63) is 11.1 Å². The first-order valence-corrected chi connectivity index (χ1v) is 4.72. The summed E-state index contributed by atoms with van der Waals surface area (Å²) in [7, 11) is 0. The number of rotatable bonds is 1. The van der Waals surface area contributed by atoms with E-state index in [2.05, 4.69) is 0 Å². The van der Waals surface area contributed by atoms with E-state index in [-0.39, 0.29) is 22.7 Å². The lowest BCUT2D eigenvalue weighted by molar-refractivity contribution is -0.135. The predicted octanol–water partition coefficient (Wildman–Crippen LogP) is 2.02. The molecule has 0 aromatic rings. The molecule has 0 saturated carbocycles. The number of Topliss-reactive ketones (excluding diaryl/α,β-unsaturated/α-hetero) is 1. The van der Waals surface area contributed by atoms with Gasteiger partial charge in [0.25, 0.3) is 0 Å². The molecule has 3 heteroatoms. The number of hydrogen-bond donors (Lipinski definition) is 1. The maximum atomic E-state index is 11.8. The molecular weight excluding hydrogens is 180 g/mol. The summed E-state index contributed by atoms with van der Waals surface area (Å²) in [6.07, 6.45) is 0.587. The summed E-state index contributed by atoms with van der Waals surface area (Å²) >= 11 is 0. The van der Waals surface area contributed by atoms with Crippen LogP contribution in [-0.2, 0) is 9.59 Å². The highest BCUT2D eigenvalue weighted by molar-refractivity contribution is 6.20. The minimum absolute atomic E-state index is 0.00456. The number of aliphatic carboxylic acids is 1. The van der Waals surface area contributed by atoms with Crippen molar-refractivity contribution in [2.75, 3.05) is 0 Å². The van der Waals surface area contributed by atoms with Gasteiger partial charge in [0.2, 0.25) is 0 Å². The number of carboxylic acids is 1. The standard InChI is InChI=1S/C11H16O3/c1-6-5-7(11(2,3)4)9(12)8(6)10(13)14/h7H,5H2,1-4H3,(H,13,14). The van der Waals surface area contributed by atoms with E-state index in [1.807, 2.05) is 20.8 Å². The lowest BCUT2D eigenvalue weighted by atomic mass is 9.78. The van der Waals surface area contributed by atoms with Crippen LogP contribution in [0.15, 0.2) is 11.1 Å². The van der Waals surface area contributed by atoms with E-state index in [4.69, 9.17) is 5.11 Å². The van der Waals surface area contributed by atoms with Crippen LogP contribution in [0.3, 0.4) is 0 Å². The van der Waals surface area contributed by atoms with Crippen LogP contribution in [0.1, 0.15) is 34.1 Å². The Morgan fingerprint density at radius 3 is 2.14 bits per heavy atom. The SMILES string of the molecule is CC1=C(C(=O)O)C(=O)C(C(C)(C)C)C1. The molecule has 0 amide bonds. The lowest BCUT2D eigenvalue weighted by Crippen LogP contribution is -2.27. The van der Waals surface area contributed by atoms with Gasteiger partial charge in [-0.05, 0) is 18.8 Å². The molecule has 0 fully saturated rings. The van der Waals surface area contributed by atoms with Gasteiger partial charge in [0.1, 0.15) is 5.57 Å². The minimum atomic E-state index is -1.08. The first kappa shape index (κ1) is 11.0. The van der Waals surface area contributed by atoms with Gasteiger partial charge in [0.05, 0.1) is 0 Å². The fourth-order valence-corrected chi connectivity index (χ4v) is 1.87. The number of carboxylic acid groups (broad SMARTS) is 1. The van der Waals surface area contributed by atoms with Crippen LogP contribution < -0.4 is 0 Å². The summed E-state index contributed by atoms with van der Waals surface area (Å²) in [5.41, 5.74) is 0.558. The highest BCUT2D eigenvalue weighted by atomic mass is 16.4. The second-order valence-electron chi connectivity index (χ2n) is 4.95. The molecule has 0 saturated heterocycles. The van der Waals surface area contributed by atoms with Crippen molar-refractivity contribution in [1.29, 1.82) is 0 Å². The van der Waals surface area contributed by atoms with Crippen LogP contribution in [0.4, 0.5) is 0 Å². The molecule has 1 unspecified atom stereocenters. The lowest BCUT2D eigenvalue weighted by Gasteiger charge is -2.25. The van der Waals surface area contributed by atoms with Crippen molar-refractivity contribution >= 4 is 11.8 Å². The number of ketones is 1. The van der Waals surface area contributed by atoms with Gasteiger partial charge in [-0.25, -0.2) is 4.79 Å². The maximum absolute atomic E-state index is 11.8. The van der Waals surface area contributed by atoms with Gasteiger partial charge in [0, 0.05) is 5.92 Å². The van der Waals surface area contributed by atoms with E-state index in [0.717, 1.165) is 0 Å². The molecule has 1 aliphatic carbocycles. The quantitative estimate of drug-likeness (QED) is 0.653. The molecule has 14 heavy (non-hydrogen) atoms. The zero-order valence-corrected chi connectivity index (χ0v) is 9.05. The maximum Gasteiger partial charge on any atom is 0.339 e. The van der Waals surface area contributed by atoms with Gasteiger partial charge in [-0.3, -0.25) is 4.79 Å². The molecular formula is C11H16O3. The van der Waals surface area contributed by atoms with Crippen LogP contribution in [-0.4, -0.2) is 16.9 Å². The molecule has 1 aliphatic rings. The Balaban J connectivity index is 3.01. The van der Waals surface area contributed by atoms with Crippen molar-refractivity contribution in [2.24, 2.45) is 11.3 Å². The molecule has 78 valence electrons. The summed E-state index contributed by atoms with van der Waals surface area (Å²) in [5, 5.41) is 8.86. The van der Waals surface area contributed by atoms with Gasteiger partial charge in [0.15, 0.2) is 5.78 Å². The molecule has 1 atom stereocenters. The zero-order valence-electron chi connectivity index (χ0n) is 9.05. The third-order valence-corrected chi connectivity index (χ3v) is 2.76. The Kier molecular flexibility index (Phi) is 2.52. The molecule has 0 aliphatic heterocycles. The third kappa shape index (κ3) is 1.72. The summed E-state index contributed by atoms with van der Waals surface area (Å²) < 4.78 is 0. The molecule has 0 aromatic heterocycles. The van der Waals surface area contributed by atoms with E-state index >= 15 is 0 Å². The molecule has 0 heterocycles. The minimum Gasteiger partial charge on any atom is -0.478 e. The van der Waals surface area contributed by atoms with Gasteiger partial charge in [-0.1, -0.05) is 26.3 Å². The van der Waals surface area contributed by atoms with Crippen molar-refractivity contribution in [2.45, 2.75) is 34.1 Å². The highest BCUT2D eigenvalue weighted by Gasteiger charge is 2.41. The molecule has 1 rings (SSSR count). The van der Waals surface area contributed by atoms with Gasteiger partial charge in [-0.15, -0.1) is 0 Å². The Morgan fingerprint density at radius 1 is 1.43 bits per heavy atom. The number of carbonyl (C=O) groups excluding carboxylic acids is 1. The summed E-state index contributed by atoms with van der Waals surface area (Å²) in [6, 6.07) is 0. The highest BCUT2D eigenvalue weighted by Crippen LogP contribution is 2.39. The van der Waals surface area contributed by atoms with Crippen LogP contribution in [0.2, 0.25) is 0 Å². The second-order valence-corrected chi connectivity index (χ2v) is 4.95. The fourth-order valence-electron chi connectivity index (χ4n) is 1.87. The first-order valence-electron chi connectivity index (χ1n) is 4.72. The molecule has 0 spiro atoms. The Bertz CT molecular complexity index is 318. The predicted molar refractivity (Wildman–Crippen MR) is 52.9 cm³/mol. The Hall–Kier alpha value is -1.12. The Morgan fingerprint density at radius 2 is 1.93 bits per heavy atom. The van der Waals surface area contributed by atoms with Crippen LogP contribution in [0.5, 0.6) is 0 Å². The zero-order chi connectivity index (χ0) is 11.1. The van der Waals surface area contributed by atoms with Gasteiger partial charge >= 0.3 is 5.97 Å². The van der Waals surface area contributed by atoms with E-state index in [9.17, 15) is 9.59 Å². The number of carbonyl (C=O) groups is 2. The van der Waals surface area contributed by atoms with Crippen molar-refractivity contribution in [3.63, 3.8) is 0 Å². The monoisotopic (exact) mass is 196 g/mol. The third-order valence-electron chi connectivity index (χ3n) is 2.76. The fraction of sp³-hybridized carbons (Fsp3) is 0.636. The van der Waals surface area contributed by atoms with Crippen molar-refractivity contribution < 1.29 is 14.7 Å². The molecule has 0 bridgehead atoms. The average Bonchev–Trinajstić information content (AvgIpc) is 2.24. The summed E-state index contributed by atoms with van der Waals surface area (Å²) in [6.45, 7) is 7.63. The van der Waals surface area contributed by atoms with Crippen molar-refractivity contribution in [1.82, 2.24) is 0 Å². The van der Waals surface area contributed by atoms with Gasteiger partial charge < -0.3 is 5.11 Å². The topological polar surface area (TPSA) is 54.4 Å². The van der Waals surface area contributed by atoms with Crippen LogP contribution in [0.25, 0.3) is 0 Å². The Labute approximate surface area is 83.8 Å². The summed E-state index contributed by atoms with van der Waals surface area (Å²) in [4.78, 5) is 22.6. The van der Waals surface area contributed by atoms with E-state index in [1.165, 1.54) is 0 Å². The number of allylic oxidation sites excluding steroid dienone is 1.